The zero-order valence-electron chi connectivity index (χ0n) is 16.8. The van der Waals surface area contributed by atoms with Crippen molar-refractivity contribution >= 4 is 6.03 Å². The summed E-state index contributed by atoms with van der Waals surface area (Å²) in [6, 6.07) is 11.9. The van der Waals surface area contributed by atoms with Gasteiger partial charge in [-0.25, -0.2) is 4.79 Å². The monoisotopic (exact) mass is 369 g/mol. The molecule has 2 amide bonds. The molecule has 1 atom stereocenters. The number of aromatic nitrogens is 2. The number of urea groups is 1. The van der Waals surface area contributed by atoms with Gasteiger partial charge in [-0.05, 0) is 39.9 Å². The van der Waals surface area contributed by atoms with Crippen LogP contribution in [0.15, 0.2) is 36.4 Å². The molecule has 2 aromatic rings. The molecule has 6 nitrogen and oxygen atoms in total. The molecule has 1 saturated carbocycles. The smallest absolute Gasteiger partial charge is 0.317 e. The van der Waals surface area contributed by atoms with E-state index >= 15 is 0 Å². The minimum absolute atomic E-state index is 0.0495. The van der Waals surface area contributed by atoms with E-state index in [0.29, 0.717) is 6.54 Å². The Morgan fingerprint density at radius 3 is 2.52 bits per heavy atom. The van der Waals surface area contributed by atoms with Crippen LogP contribution in [0.1, 0.15) is 44.3 Å². The molecule has 0 saturated heterocycles. The normalized spacial score (nSPS) is 17.1. The fourth-order valence-electron chi connectivity index (χ4n) is 3.87. The fraction of sp³-hybridized carbons (Fsp3) is 0.524. The molecule has 1 aliphatic carbocycles. The van der Waals surface area contributed by atoms with Crippen LogP contribution in [0.3, 0.4) is 0 Å². The van der Waals surface area contributed by atoms with Gasteiger partial charge >= 0.3 is 6.03 Å². The van der Waals surface area contributed by atoms with Gasteiger partial charge in [0.15, 0.2) is 0 Å². The number of hydrogen-bond acceptors (Lipinski definition) is 3. The van der Waals surface area contributed by atoms with Crippen LogP contribution in [0.2, 0.25) is 0 Å². The topological polar surface area (TPSA) is 64.3 Å². The molecule has 1 heterocycles. The Hall–Kier alpha value is -2.34. The van der Waals surface area contributed by atoms with E-state index in [4.69, 9.17) is 0 Å². The number of nitrogens with one attached hydrogen (secondary N) is 2. The number of H-pyrrole nitrogens is 1. The van der Waals surface area contributed by atoms with Gasteiger partial charge in [0.2, 0.25) is 0 Å². The van der Waals surface area contributed by atoms with Crippen LogP contribution >= 0.6 is 0 Å². The lowest BCUT2D eigenvalue weighted by Crippen LogP contribution is -2.52. The number of amides is 2. The molecule has 0 bridgehead atoms. The van der Waals surface area contributed by atoms with Gasteiger partial charge in [0, 0.05) is 24.7 Å². The van der Waals surface area contributed by atoms with Crippen molar-refractivity contribution in [3.8, 4) is 11.3 Å². The summed E-state index contributed by atoms with van der Waals surface area (Å²) in [6.07, 6.45) is 4.74. The van der Waals surface area contributed by atoms with Crippen molar-refractivity contribution in [2.45, 2.75) is 44.2 Å². The van der Waals surface area contributed by atoms with E-state index in [-0.39, 0.29) is 17.6 Å². The van der Waals surface area contributed by atoms with Gasteiger partial charge in [0.05, 0.1) is 17.4 Å². The second-order valence-corrected chi connectivity index (χ2v) is 7.85. The molecule has 0 spiro atoms. The van der Waals surface area contributed by atoms with Gasteiger partial charge in [-0.15, -0.1) is 0 Å². The van der Waals surface area contributed by atoms with E-state index in [9.17, 15) is 4.79 Å². The molecule has 0 radical (unpaired) electrons. The van der Waals surface area contributed by atoms with Crippen molar-refractivity contribution in [1.29, 1.82) is 0 Å². The molecule has 1 fully saturated rings. The first-order valence-corrected chi connectivity index (χ1v) is 9.72. The molecular weight excluding hydrogens is 338 g/mol. The van der Waals surface area contributed by atoms with E-state index in [1.807, 2.05) is 50.4 Å². The van der Waals surface area contributed by atoms with Crippen molar-refractivity contribution < 1.29 is 4.79 Å². The number of aromatic amines is 1. The van der Waals surface area contributed by atoms with Crippen molar-refractivity contribution in [3.63, 3.8) is 0 Å². The summed E-state index contributed by atoms with van der Waals surface area (Å²) in [4.78, 5) is 16.7. The van der Waals surface area contributed by atoms with Crippen LogP contribution in [0.5, 0.6) is 0 Å². The molecule has 1 aliphatic rings. The Morgan fingerprint density at radius 2 is 1.89 bits per heavy atom. The third kappa shape index (κ3) is 4.16. The molecule has 0 unspecified atom stereocenters. The van der Waals surface area contributed by atoms with Crippen LogP contribution < -0.4 is 5.32 Å². The molecule has 1 aromatic heterocycles. The molecule has 27 heavy (non-hydrogen) atoms. The van der Waals surface area contributed by atoms with E-state index in [1.165, 1.54) is 12.8 Å². The van der Waals surface area contributed by atoms with Crippen molar-refractivity contribution in [1.82, 2.24) is 25.3 Å². The third-order valence-corrected chi connectivity index (χ3v) is 6.07. The van der Waals surface area contributed by atoms with Crippen LogP contribution in [0.4, 0.5) is 4.79 Å². The number of rotatable bonds is 6. The molecular formula is C21H31N5O. The lowest BCUT2D eigenvalue weighted by molar-refractivity contribution is 0.145. The summed E-state index contributed by atoms with van der Waals surface area (Å²) in [6.45, 7) is 2.70. The Labute approximate surface area is 161 Å². The second-order valence-electron chi connectivity index (χ2n) is 7.85. The molecule has 1 aromatic carbocycles. The van der Waals surface area contributed by atoms with E-state index in [2.05, 4.69) is 34.5 Å². The minimum Gasteiger partial charge on any atom is -0.336 e. The summed E-state index contributed by atoms with van der Waals surface area (Å²) < 4.78 is 0. The van der Waals surface area contributed by atoms with Gasteiger partial charge in [-0.3, -0.25) is 5.10 Å². The van der Waals surface area contributed by atoms with E-state index in [0.717, 1.165) is 29.8 Å². The van der Waals surface area contributed by atoms with Crippen molar-refractivity contribution in [2.24, 2.45) is 0 Å². The highest BCUT2D eigenvalue weighted by Crippen LogP contribution is 2.33. The molecule has 146 valence electrons. The maximum absolute atomic E-state index is 12.7. The molecule has 3 rings (SSSR count). The summed E-state index contributed by atoms with van der Waals surface area (Å²) in [5.74, 6) is 0. The van der Waals surface area contributed by atoms with Crippen molar-refractivity contribution in [3.05, 3.63) is 42.1 Å². The lowest BCUT2D eigenvalue weighted by atomic mass is 9.96. The average Bonchev–Trinajstić information content (AvgIpc) is 3.36. The number of benzene rings is 1. The lowest BCUT2D eigenvalue weighted by Gasteiger charge is -2.37. The van der Waals surface area contributed by atoms with E-state index < -0.39 is 0 Å². The highest BCUT2D eigenvalue weighted by molar-refractivity contribution is 5.74. The fourth-order valence-corrected chi connectivity index (χ4v) is 3.87. The average molecular weight is 370 g/mol. The van der Waals surface area contributed by atoms with Crippen LogP contribution in [-0.4, -0.2) is 59.3 Å². The standard InChI is InChI=1S/C21H31N5O/c1-16(18-14-19(24-23-18)17-10-6-5-7-11-17)26(4)20(27)22-15-21(25(2)3)12-8-9-13-21/h5-7,10-11,14,16H,8-9,12-13,15H2,1-4H3,(H,22,27)(H,23,24)/t16-/m0/s1. The number of nitrogens with zero attached hydrogens (tertiary/aromatic N) is 3. The quantitative estimate of drug-likeness (QED) is 0.817. The number of hydrogen-bond donors (Lipinski definition) is 2. The minimum atomic E-state index is -0.0890. The van der Waals surface area contributed by atoms with Crippen molar-refractivity contribution in [2.75, 3.05) is 27.7 Å². The zero-order valence-corrected chi connectivity index (χ0v) is 16.8. The van der Waals surface area contributed by atoms with Gasteiger partial charge in [0.25, 0.3) is 0 Å². The van der Waals surface area contributed by atoms with E-state index in [1.54, 1.807) is 4.90 Å². The number of carbonyl (C=O) groups excluding carboxylic acids is 1. The van der Waals surface area contributed by atoms with Gasteiger partial charge in [-0.1, -0.05) is 43.2 Å². The molecule has 0 aliphatic heterocycles. The third-order valence-electron chi connectivity index (χ3n) is 6.07. The first kappa shape index (κ1) is 19.4. The van der Waals surface area contributed by atoms with Crippen LogP contribution in [-0.2, 0) is 0 Å². The predicted octanol–water partition coefficient (Wildman–Crippen LogP) is 3.65. The highest BCUT2D eigenvalue weighted by atomic mass is 16.2. The first-order chi connectivity index (χ1) is 12.9. The summed E-state index contributed by atoms with van der Waals surface area (Å²) in [5, 5.41) is 10.6. The molecule has 2 N–H and O–H groups in total. The summed E-state index contributed by atoms with van der Waals surface area (Å²) >= 11 is 0. The summed E-state index contributed by atoms with van der Waals surface area (Å²) in [5.41, 5.74) is 2.97. The maximum atomic E-state index is 12.7. The Kier molecular flexibility index (Phi) is 5.85. The van der Waals surface area contributed by atoms with Gasteiger partial charge in [0.1, 0.15) is 0 Å². The summed E-state index contributed by atoms with van der Waals surface area (Å²) in [7, 11) is 6.05. The van der Waals surface area contributed by atoms with Gasteiger partial charge in [-0.2, -0.15) is 5.10 Å². The first-order valence-electron chi connectivity index (χ1n) is 9.72. The second kappa shape index (κ2) is 8.13. The SMILES string of the molecule is C[C@@H](c1cc(-c2ccccc2)n[nH]1)N(C)C(=O)NCC1(N(C)C)CCCC1. The largest absolute Gasteiger partial charge is 0.336 e. The zero-order chi connectivity index (χ0) is 19.4. The maximum Gasteiger partial charge on any atom is 0.317 e. The Bertz CT molecular complexity index is 749. The Morgan fingerprint density at radius 1 is 1.22 bits per heavy atom. The molecule has 6 heteroatoms. The van der Waals surface area contributed by atoms with Crippen LogP contribution in [0, 0.1) is 0 Å². The number of carbonyl (C=O) groups is 1. The van der Waals surface area contributed by atoms with Crippen LogP contribution in [0.25, 0.3) is 11.3 Å². The highest BCUT2D eigenvalue weighted by Gasteiger charge is 2.36. The Balaban J connectivity index is 1.62. The number of likely N-dealkylation sites (N-methyl/N-ethyl adjacent to an activating group) is 1. The van der Waals surface area contributed by atoms with Gasteiger partial charge < -0.3 is 15.1 Å². The predicted molar refractivity (Wildman–Crippen MR) is 108 cm³/mol.